The lowest BCUT2D eigenvalue weighted by atomic mass is 10.1. The SMILES string of the molecule is Cc1ccc(-c2nc3ccccn3c2CCC(=O)Nc2ccc(C)cc2C)cc1. The lowest BCUT2D eigenvalue weighted by Gasteiger charge is -2.10. The summed E-state index contributed by atoms with van der Waals surface area (Å²) in [5.74, 6) is 0.0118. The van der Waals surface area contributed by atoms with Crippen molar-refractivity contribution in [3.63, 3.8) is 0 Å². The molecule has 0 aliphatic heterocycles. The maximum atomic E-state index is 12.6. The number of imidazole rings is 1. The molecule has 29 heavy (non-hydrogen) atoms. The molecule has 0 fully saturated rings. The fourth-order valence-electron chi connectivity index (χ4n) is 3.63. The van der Waals surface area contributed by atoms with Gasteiger partial charge >= 0.3 is 0 Å². The van der Waals surface area contributed by atoms with Gasteiger partial charge in [-0.1, -0.05) is 53.6 Å². The zero-order valence-corrected chi connectivity index (χ0v) is 17.1. The lowest BCUT2D eigenvalue weighted by molar-refractivity contribution is -0.116. The minimum absolute atomic E-state index is 0.0118. The van der Waals surface area contributed by atoms with E-state index >= 15 is 0 Å². The van der Waals surface area contributed by atoms with Gasteiger partial charge in [-0.3, -0.25) is 4.79 Å². The molecular weight excluding hydrogens is 358 g/mol. The number of benzene rings is 2. The third-order valence-corrected chi connectivity index (χ3v) is 5.20. The Kier molecular flexibility index (Phi) is 5.17. The Labute approximate surface area is 171 Å². The molecule has 1 amide bonds. The summed E-state index contributed by atoms with van der Waals surface area (Å²) in [5, 5.41) is 3.05. The number of anilines is 1. The number of carbonyl (C=O) groups excluding carboxylic acids is 1. The largest absolute Gasteiger partial charge is 0.326 e. The molecule has 146 valence electrons. The van der Waals surface area contributed by atoms with E-state index < -0.39 is 0 Å². The minimum atomic E-state index is 0.0118. The zero-order valence-electron chi connectivity index (χ0n) is 17.1. The van der Waals surface area contributed by atoms with Crippen LogP contribution in [0.2, 0.25) is 0 Å². The summed E-state index contributed by atoms with van der Waals surface area (Å²) in [4.78, 5) is 17.5. The Balaban J connectivity index is 1.59. The molecule has 0 aliphatic rings. The van der Waals surface area contributed by atoms with Crippen molar-refractivity contribution in [2.24, 2.45) is 0 Å². The predicted molar refractivity (Wildman–Crippen MR) is 118 cm³/mol. The summed E-state index contributed by atoms with van der Waals surface area (Å²) in [7, 11) is 0. The molecule has 4 heteroatoms. The van der Waals surface area contributed by atoms with Gasteiger partial charge in [-0.05, 0) is 51.0 Å². The van der Waals surface area contributed by atoms with Gasteiger partial charge in [0, 0.05) is 23.9 Å². The molecule has 0 spiro atoms. The van der Waals surface area contributed by atoms with E-state index in [0.29, 0.717) is 12.8 Å². The van der Waals surface area contributed by atoms with Crippen LogP contribution >= 0.6 is 0 Å². The summed E-state index contributed by atoms with van der Waals surface area (Å²) >= 11 is 0. The fraction of sp³-hybridized carbons (Fsp3) is 0.200. The molecule has 2 aromatic heterocycles. The summed E-state index contributed by atoms with van der Waals surface area (Å²) in [5.41, 5.74) is 8.32. The number of fused-ring (bicyclic) bond motifs is 1. The smallest absolute Gasteiger partial charge is 0.224 e. The number of nitrogens with one attached hydrogen (secondary N) is 1. The predicted octanol–water partition coefficient (Wildman–Crippen LogP) is 5.50. The van der Waals surface area contributed by atoms with Crippen molar-refractivity contribution in [3.8, 4) is 11.3 Å². The number of aryl methyl sites for hydroxylation is 4. The summed E-state index contributed by atoms with van der Waals surface area (Å²) in [6, 6.07) is 20.4. The second-order valence-corrected chi connectivity index (χ2v) is 7.57. The van der Waals surface area contributed by atoms with E-state index in [4.69, 9.17) is 4.98 Å². The molecule has 0 unspecified atom stereocenters. The third kappa shape index (κ3) is 4.06. The van der Waals surface area contributed by atoms with E-state index in [9.17, 15) is 4.79 Å². The number of aromatic nitrogens is 2. The highest BCUT2D eigenvalue weighted by molar-refractivity contribution is 5.91. The lowest BCUT2D eigenvalue weighted by Crippen LogP contribution is -2.14. The topological polar surface area (TPSA) is 46.4 Å². The van der Waals surface area contributed by atoms with Gasteiger partial charge in [0.2, 0.25) is 5.91 Å². The average Bonchev–Trinajstić information content (AvgIpc) is 3.08. The van der Waals surface area contributed by atoms with Crippen molar-refractivity contribution >= 4 is 17.2 Å². The Bertz CT molecular complexity index is 1170. The second-order valence-electron chi connectivity index (χ2n) is 7.57. The molecule has 0 bridgehead atoms. The molecule has 0 aliphatic carbocycles. The van der Waals surface area contributed by atoms with Crippen LogP contribution in [0, 0.1) is 20.8 Å². The van der Waals surface area contributed by atoms with E-state index in [2.05, 4.69) is 53.9 Å². The Morgan fingerprint density at radius 2 is 1.72 bits per heavy atom. The van der Waals surface area contributed by atoms with Crippen LogP contribution in [0.1, 0.15) is 28.8 Å². The second kappa shape index (κ2) is 7.92. The van der Waals surface area contributed by atoms with Crippen molar-refractivity contribution in [1.29, 1.82) is 0 Å². The van der Waals surface area contributed by atoms with Gasteiger partial charge in [0.15, 0.2) is 0 Å². The maximum Gasteiger partial charge on any atom is 0.224 e. The number of hydrogen-bond donors (Lipinski definition) is 1. The molecule has 0 saturated carbocycles. The van der Waals surface area contributed by atoms with Gasteiger partial charge in [-0.25, -0.2) is 4.98 Å². The first-order valence-electron chi connectivity index (χ1n) is 9.91. The molecule has 0 saturated heterocycles. The van der Waals surface area contributed by atoms with E-state index in [0.717, 1.165) is 33.8 Å². The van der Waals surface area contributed by atoms with Crippen LogP contribution in [0.25, 0.3) is 16.9 Å². The molecule has 1 N–H and O–H groups in total. The highest BCUT2D eigenvalue weighted by Gasteiger charge is 2.15. The normalized spacial score (nSPS) is 11.0. The van der Waals surface area contributed by atoms with Gasteiger partial charge in [-0.2, -0.15) is 0 Å². The van der Waals surface area contributed by atoms with E-state index in [1.807, 2.05) is 43.5 Å². The molecule has 4 rings (SSSR count). The molecule has 0 radical (unpaired) electrons. The van der Waals surface area contributed by atoms with E-state index in [1.165, 1.54) is 11.1 Å². The van der Waals surface area contributed by atoms with Gasteiger partial charge in [0.1, 0.15) is 5.65 Å². The highest BCUT2D eigenvalue weighted by Crippen LogP contribution is 2.26. The van der Waals surface area contributed by atoms with Crippen LogP contribution < -0.4 is 5.32 Å². The van der Waals surface area contributed by atoms with Crippen LogP contribution in [0.5, 0.6) is 0 Å². The molecule has 2 aromatic carbocycles. The number of nitrogens with zero attached hydrogens (tertiary/aromatic N) is 2. The van der Waals surface area contributed by atoms with E-state index in [-0.39, 0.29) is 5.91 Å². The fourth-order valence-corrected chi connectivity index (χ4v) is 3.63. The Hall–Kier alpha value is -3.40. The number of hydrogen-bond acceptors (Lipinski definition) is 2. The summed E-state index contributed by atoms with van der Waals surface area (Å²) in [6.07, 6.45) is 3.03. The highest BCUT2D eigenvalue weighted by atomic mass is 16.1. The molecule has 4 aromatic rings. The quantitative estimate of drug-likeness (QED) is 0.495. The first-order chi connectivity index (χ1) is 14.0. The standard InChI is InChI=1S/C25H25N3O/c1-17-7-10-20(11-8-17)25-22(28-15-5-4-6-23(28)27-25)13-14-24(29)26-21-12-9-18(2)16-19(21)3/h4-12,15-16H,13-14H2,1-3H3,(H,26,29). The Morgan fingerprint density at radius 1 is 0.966 bits per heavy atom. The summed E-state index contributed by atoms with van der Waals surface area (Å²) in [6.45, 7) is 6.14. The first-order valence-corrected chi connectivity index (χ1v) is 9.91. The molecular formula is C25H25N3O. The molecule has 2 heterocycles. The monoisotopic (exact) mass is 383 g/mol. The van der Waals surface area contributed by atoms with Crippen molar-refractivity contribution in [3.05, 3.63) is 89.2 Å². The van der Waals surface area contributed by atoms with Crippen molar-refractivity contribution in [2.75, 3.05) is 5.32 Å². The minimum Gasteiger partial charge on any atom is -0.326 e. The zero-order chi connectivity index (χ0) is 20.4. The molecule has 0 atom stereocenters. The van der Waals surface area contributed by atoms with Gasteiger partial charge in [-0.15, -0.1) is 0 Å². The van der Waals surface area contributed by atoms with Crippen molar-refractivity contribution in [1.82, 2.24) is 9.38 Å². The van der Waals surface area contributed by atoms with Crippen LogP contribution in [0.15, 0.2) is 66.9 Å². The summed E-state index contributed by atoms with van der Waals surface area (Å²) < 4.78 is 2.08. The van der Waals surface area contributed by atoms with Crippen molar-refractivity contribution in [2.45, 2.75) is 33.6 Å². The third-order valence-electron chi connectivity index (χ3n) is 5.20. The van der Waals surface area contributed by atoms with Gasteiger partial charge in [0.25, 0.3) is 0 Å². The number of pyridine rings is 1. The number of amides is 1. The Morgan fingerprint density at radius 3 is 2.48 bits per heavy atom. The number of rotatable bonds is 5. The maximum absolute atomic E-state index is 12.6. The van der Waals surface area contributed by atoms with Crippen LogP contribution in [-0.4, -0.2) is 15.3 Å². The van der Waals surface area contributed by atoms with Crippen LogP contribution in [-0.2, 0) is 11.2 Å². The molecule has 4 nitrogen and oxygen atoms in total. The average molecular weight is 383 g/mol. The van der Waals surface area contributed by atoms with E-state index in [1.54, 1.807) is 0 Å². The van der Waals surface area contributed by atoms with Crippen LogP contribution in [0.4, 0.5) is 5.69 Å². The van der Waals surface area contributed by atoms with Crippen LogP contribution in [0.3, 0.4) is 0 Å². The van der Waals surface area contributed by atoms with Crippen molar-refractivity contribution < 1.29 is 4.79 Å². The first kappa shape index (κ1) is 18.9. The number of carbonyl (C=O) groups is 1. The van der Waals surface area contributed by atoms with Gasteiger partial charge in [0.05, 0.1) is 11.4 Å². The van der Waals surface area contributed by atoms with Gasteiger partial charge < -0.3 is 9.72 Å².